The van der Waals surface area contributed by atoms with Crippen LogP contribution in [0.2, 0.25) is 5.02 Å². The Labute approximate surface area is 91.4 Å². The number of anilines is 1. The van der Waals surface area contributed by atoms with Crippen LogP contribution in [0.1, 0.15) is 0 Å². The molecule has 1 aromatic carbocycles. The van der Waals surface area contributed by atoms with Crippen LogP contribution in [0.3, 0.4) is 0 Å². The predicted octanol–water partition coefficient (Wildman–Crippen LogP) is 1.39. The molecule has 15 heavy (non-hydrogen) atoms. The molecule has 0 aliphatic heterocycles. The molecule has 3 N–H and O–H groups in total. The van der Waals surface area contributed by atoms with Gasteiger partial charge in [-0.2, -0.15) is 0 Å². The van der Waals surface area contributed by atoms with Crippen LogP contribution in [0.4, 0.5) is 5.69 Å². The summed E-state index contributed by atoms with van der Waals surface area (Å²) in [6, 6.07) is 2.89. The second-order valence-electron chi connectivity index (χ2n) is 2.71. The lowest BCUT2D eigenvalue weighted by molar-refractivity contribution is -0.139. The molecule has 0 aromatic heterocycles. The van der Waals surface area contributed by atoms with Crippen LogP contribution in [0.15, 0.2) is 12.1 Å². The molecule has 1 aromatic rings. The number of hydrogen-bond donors (Lipinski definition) is 2. The van der Waals surface area contributed by atoms with E-state index in [9.17, 15) is 4.79 Å². The molecule has 0 heterocycles. The minimum absolute atomic E-state index is 0.235. The van der Waals surface area contributed by atoms with Gasteiger partial charge in [0.1, 0.15) is 11.5 Å². The second-order valence-corrected chi connectivity index (χ2v) is 3.11. The van der Waals surface area contributed by atoms with E-state index in [4.69, 9.17) is 31.9 Å². The lowest BCUT2D eigenvalue weighted by Gasteiger charge is -2.10. The molecule has 6 heteroatoms. The Balaban J connectivity index is 2.92. The van der Waals surface area contributed by atoms with Crippen molar-refractivity contribution in [1.82, 2.24) is 0 Å². The Morgan fingerprint density at radius 2 is 2.20 bits per heavy atom. The van der Waals surface area contributed by atoms with E-state index in [-0.39, 0.29) is 11.4 Å². The van der Waals surface area contributed by atoms with Crippen molar-refractivity contribution >= 4 is 23.3 Å². The topological polar surface area (TPSA) is 81.8 Å². The molecule has 0 saturated carbocycles. The number of methoxy groups -OCH3 is 1. The third-order valence-electron chi connectivity index (χ3n) is 1.64. The van der Waals surface area contributed by atoms with Crippen molar-refractivity contribution < 1.29 is 19.4 Å². The highest BCUT2D eigenvalue weighted by atomic mass is 35.5. The third-order valence-corrected chi connectivity index (χ3v) is 1.93. The smallest absolute Gasteiger partial charge is 0.341 e. The normalized spacial score (nSPS) is 9.73. The molecular formula is C9H10ClNO4. The van der Waals surface area contributed by atoms with Gasteiger partial charge in [-0.1, -0.05) is 11.6 Å². The molecule has 0 aliphatic rings. The molecule has 0 spiro atoms. The summed E-state index contributed by atoms with van der Waals surface area (Å²) in [5, 5.41) is 8.77. The van der Waals surface area contributed by atoms with Crippen molar-refractivity contribution in [2.75, 3.05) is 19.5 Å². The summed E-state index contributed by atoms with van der Waals surface area (Å²) in [4.78, 5) is 10.3. The molecule has 0 radical (unpaired) electrons. The zero-order chi connectivity index (χ0) is 11.4. The Hall–Kier alpha value is -1.62. The summed E-state index contributed by atoms with van der Waals surface area (Å²) in [7, 11) is 1.44. The van der Waals surface area contributed by atoms with Crippen molar-refractivity contribution in [3.8, 4) is 11.5 Å². The summed E-state index contributed by atoms with van der Waals surface area (Å²) < 4.78 is 9.87. The molecule has 82 valence electrons. The van der Waals surface area contributed by atoms with Gasteiger partial charge < -0.3 is 20.3 Å². The van der Waals surface area contributed by atoms with Gasteiger partial charge in [0.25, 0.3) is 0 Å². The van der Waals surface area contributed by atoms with Crippen molar-refractivity contribution in [2.45, 2.75) is 0 Å². The number of carboxylic acids is 1. The highest BCUT2D eigenvalue weighted by molar-refractivity contribution is 6.32. The van der Waals surface area contributed by atoms with Gasteiger partial charge >= 0.3 is 5.97 Å². The molecule has 0 unspecified atom stereocenters. The van der Waals surface area contributed by atoms with Gasteiger partial charge in [0.15, 0.2) is 6.61 Å². The van der Waals surface area contributed by atoms with Crippen LogP contribution in [0.5, 0.6) is 11.5 Å². The molecule has 0 fully saturated rings. The third kappa shape index (κ3) is 2.92. The monoisotopic (exact) mass is 231 g/mol. The number of nitrogens with two attached hydrogens (primary N) is 1. The Morgan fingerprint density at radius 3 is 2.73 bits per heavy atom. The first-order valence-corrected chi connectivity index (χ1v) is 4.40. The van der Waals surface area contributed by atoms with Crippen molar-refractivity contribution in [3.63, 3.8) is 0 Å². The fourth-order valence-electron chi connectivity index (χ4n) is 0.971. The molecule has 0 atom stereocenters. The van der Waals surface area contributed by atoms with Gasteiger partial charge in [-0.3, -0.25) is 0 Å². The number of carbonyl (C=O) groups is 1. The molecular weight excluding hydrogens is 222 g/mol. The zero-order valence-electron chi connectivity index (χ0n) is 7.99. The maximum absolute atomic E-state index is 10.3. The fourth-order valence-corrected chi connectivity index (χ4v) is 1.22. The number of benzene rings is 1. The molecule has 0 amide bonds. The average Bonchev–Trinajstić information content (AvgIpc) is 2.16. The molecule has 0 bridgehead atoms. The Bertz CT molecular complexity index is 381. The van der Waals surface area contributed by atoms with Gasteiger partial charge in [0.05, 0.1) is 17.8 Å². The van der Waals surface area contributed by atoms with Gasteiger partial charge in [-0.15, -0.1) is 0 Å². The highest BCUT2D eigenvalue weighted by Crippen LogP contribution is 2.34. The minimum atomic E-state index is -1.08. The number of carboxylic acid groups (broad SMARTS) is 1. The first-order valence-electron chi connectivity index (χ1n) is 4.02. The summed E-state index contributed by atoms with van der Waals surface area (Å²) in [5.74, 6) is -0.465. The van der Waals surface area contributed by atoms with Crippen LogP contribution in [-0.2, 0) is 4.79 Å². The molecule has 0 aliphatic carbocycles. The van der Waals surface area contributed by atoms with E-state index < -0.39 is 12.6 Å². The standard InChI is InChI=1S/C9H10ClNO4/c1-14-7-3-8(15-4-9(12)13)6(11)2-5(7)10/h2-3H,4,11H2,1H3,(H,12,13). The van der Waals surface area contributed by atoms with Crippen LogP contribution in [-0.4, -0.2) is 24.8 Å². The highest BCUT2D eigenvalue weighted by Gasteiger charge is 2.09. The summed E-state index contributed by atoms with van der Waals surface area (Å²) in [5.41, 5.74) is 5.84. The van der Waals surface area contributed by atoms with Crippen molar-refractivity contribution in [2.24, 2.45) is 0 Å². The maximum Gasteiger partial charge on any atom is 0.341 e. The van der Waals surface area contributed by atoms with E-state index in [0.29, 0.717) is 10.8 Å². The molecule has 5 nitrogen and oxygen atoms in total. The van der Waals surface area contributed by atoms with E-state index in [1.807, 2.05) is 0 Å². The van der Waals surface area contributed by atoms with Gasteiger partial charge in [-0.05, 0) is 6.07 Å². The molecule has 0 saturated heterocycles. The SMILES string of the molecule is COc1cc(OCC(=O)O)c(N)cc1Cl. The van der Waals surface area contributed by atoms with Crippen LogP contribution in [0, 0.1) is 0 Å². The summed E-state index contributed by atoms with van der Waals surface area (Å²) in [6.07, 6.45) is 0. The first kappa shape index (κ1) is 11.5. The minimum Gasteiger partial charge on any atom is -0.495 e. The van der Waals surface area contributed by atoms with Gasteiger partial charge in [-0.25, -0.2) is 4.79 Å². The van der Waals surface area contributed by atoms with Crippen LogP contribution in [0.25, 0.3) is 0 Å². The number of rotatable bonds is 4. The maximum atomic E-state index is 10.3. The zero-order valence-corrected chi connectivity index (χ0v) is 8.75. The van der Waals surface area contributed by atoms with E-state index in [1.54, 1.807) is 0 Å². The van der Waals surface area contributed by atoms with E-state index >= 15 is 0 Å². The van der Waals surface area contributed by atoms with E-state index in [0.717, 1.165) is 0 Å². The number of halogens is 1. The first-order chi connectivity index (χ1) is 7.04. The fraction of sp³-hybridized carbons (Fsp3) is 0.222. The number of nitrogen functional groups attached to an aromatic ring is 1. The molecule has 1 rings (SSSR count). The lowest BCUT2D eigenvalue weighted by Crippen LogP contribution is -2.10. The Kier molecular flexibility index (Phi) is 3.62. The second kappa shape index (κ2) is 4.75. The van der Waals surface area contributed by atoms with E-state index in [2.05, 4.69) is 0 Å². The average molecular weight is 232 g/mol. The van der Waals surface area contributed by atoms with Crippen LogP contribution < -0.4 is 15.2 Å². The largest absolute Gasteiger partial charge is 0.495 e. The number of hydrogen-bond acceptors (Lipinski definition) is 4. The summed E-state index contributed by atoms with van der Waals surface area (Å²) in [6.45, 7) is -0.463. The van der Waals surface area contributed by atoms with Gasteiger partial charge in [0, 0.05) is 6.07 Å². The van der Waals surface area contributed by atoms with Crippen LogP contribution >= 0.6 is 11.6 Å². The van der Waals surface area contributed by atoms with Crippen molar-refractivity contribution in [3.05, 3.63) is 17.2 Å². The van der Waals surface area contributed by atoms with E-state index in [1.165, 1.54) is 19.2 Å². The summed E-state index contributed by atoms with van der Waals surface area (Å²) >= 11 is 5.79. The number of aliphatic carboxylic acids is 1. The van der Waals surface area contributed by atoms with Crippen molar-refractivity contribution in [1.29, 1.82) is 0 Å². The quantitative estimate of drug-likeness (QED) is 0.766. The number of ether oxygens (including phenoxy) is 2. The lowest BCUT2D eigenvalue weighted by atomic mass is 10.3. The Morgan fingerprint density at radius 1 is 1.53 bits per heavy atom. The van der Waals surface area contributed by atoms with Gasteiger partial charge in [0.2, 0.25) is 0 Å². The predicted molar refractivity (Wildman–Crippen MR) is 55.5 cm³/mol.